The van der Waals surface area contributed by atoms with Crippen LogP contribution >= 0.6 is 11.5 Å². The normalized spacial score (nSPS) is 16.7. The quantitative estimate of drug-likeness (QED) is 0.544. The van der Waals surface area contributed by atoms with Gasteiger partial charge in [-0.2, -0.15) is 4.37 Å². The Morgan fingerprint density at radius 1 is 1.03 bits per heavy atom. The number of anilines is 1. The van der Waals surface area contributed by atoms with Crippen LogP contribution in [-0.2, 0) is 20.7 Å². The first kappa shape index (κ1) is 22.5. The molecule has 1 N–H and O–H groups in total. The van der Waals surface area contributed by atoms with Crippen molar-refractivity contribution < 1.29 is 18.8 Å². The molecule has 0 radical (unpaired) electrons. The summed E-state index contributed by atoms with van der Waals surface area (Å²) < 4.78 is 22.1. The van der Waals surface area contributed by atoms with Gasteiger partial charge in [-0.25, -0.2) is 4.79 Å². The van der Waals surface area contributed by atoms with E-state index >= 15 is 0 Å². The largest absolute Gasteiger partial charge is 0.494 e. The first-order valence-electron chi connectivity index (χ1n) is 10.6. The Balaban J connectivity index is 1.46. The predicted molar refractivity (Wildman–Crippen MR) is 128 cm³/mol. The van der Waals surface area contributed by atoms with E-state index in [0.717, 1.165) is 27.2 Å². The SMILES string of the molecule is Cc1nsc(-c2ccc(B3OC(C)(C)C(C)(C)O3)cc2)c1NC(=O)OCc1ccccc1. The van der Waals surface area contributed by atoms with E-state index in [1.54, 1.807) is 0 Å². The molecule has 0 bridgehead atoms. The molecule has 3 aromatic rings. The average Bonchev–Trinajstić information content (AvgIpc) is 3.22. The van der Waals surface area contributed by atoms with Gasteiger partial charge in [0, 0.05) is 0 Å². The van der Waals surface area contributed by atoms with E-state index in [2.05, 4.69) is 9.69 Å². The molecule has 2 heterocycles. The second-order valence-electron chi connectivity index (χ2n) is 8.87. The number of carbonyl (C=O) groups excluding carboxylic acids is 1. The van der Waals surface area contributed by atoms with Crippen LogP contribution in [0.3, 0.4) is 0 Å². The first-order valence-corrected chi connectivity index (χ1v) is 11.3. The Morgan fingerprint density at radius 2 is 1.66 bits per heavy atom. The van der Waals surface area contributed by atoms with Crippen molar-refractivity contribution in [3.8, 4) is 10.4 Å². The molecule has 166 valence electrons. The van der Waals surface area contributed by atoms with Gasteiger partial charge in [-0.15, -0.1) is 0 Å². The number of hydrogen-bond acceptors (Lipinski definition) is 6. The van der Waals surface area contributed by atoms with Gasteiger partial charge < -0.3 is 14.0 Å². The highest BCUT2D eigenvalue weighted by Crippen LogP contribution is 2.37. The van der Waals surface area contributed by atoms with Crippen LogP contribution in [0.1, 0.15) is 39.0 Å². The molecule has 1 aromatic heterocycles. The van der Waals surface area contributed by atoms with Crippen LogP contribution in [0.4, 0.5) is 10.5 Å². The van der Waals surface area contributed by atoms with Gasteiger partial charge in [-0.1, -0.05) is 54.6 Å². The Morgan fingerprint density at radius 3 is 2.28 bits per heavy atom. The summed E-state index contributed by atoms with van der Waals surface area (Å²) in [7, 11) is -0.414. The molecular weight excluding hydrogens is 423 g/mol. The third-order valence-corrected chi connectivity index (χ3v) is 6.99. The Hall–Kier alpha value is -2.68. The topological polar surface area (TPSA) is 69.7 Å². The van der Waals surface area contributed by atoms with Gasteiger partial charge >= 0.3 is 13.2 Å². The lowest BCUT2D eigenvalue weighted by Crippen LogP contribution is -2.41. The fourth-order valence-electron chi connectivity index (χ4n) is 3.35. The standard InChI is InChI=1S/C24H27BN2O4S/c1-16-20(26-22(28)29-15-17-9-7-6-8-10-17)21(32-27-16)18-11-13-19(14-12-18)25-30-23(2,3)24(4,5)31-25/h6-14H,15H2,1-5H3,(H,26,28). The predicted octanol–water partition coefficient (Wildman–Crippen LogP) is 5.17. The molecule has 0 saturated carbocycles. The molecule has 1 aliphatic rings. The minimum atomic E-state index is -0.507. The van der Waals surface area contributed by atoms with Gasteiger partial charge in [-0.05, 0) is 62.7 Å². The summed E-state index contributed by atoms with van der Waals surface area (Å²) in [5.74, 6) is 0. The molecule has 0 unspecified atom stereocenters. The molecule has 1 fully saturated rings. The fourth-order valence-corrected chi connectivity index (χ4v) is 4.20. The van der Waals surface area contributed by atoms with Gasteiger partial charge in [0.1, 0.15) is 6.61 Å². The molecule has 4 rings (SSSR count). The number of aromatic nitrogens is 1. The van der Waals surface area contributed by atoms with Crippen molar-refractivity contribution in [2.45, 2.75) is 52.4 Å². The summed E-state index contributed by atoms with van der Waals surface area (Å²) in [6.07, 6.45) is -0.507. The number of nitrogens with zero attached hydrogens (tertiary/aromatic N) is 1. The van der Waals surface area contributed by atoms with Gasteiger partial charge in [0.25, 0.3) is 0 Å². The molecule has 1 aliphatic heterocycles. The van der Waals surface area contributed by atoms with Crippen molar-refractivity contribution in [3.05, 3.63) is 65.9 Å². The summed E-state index contributed by atoms with van der Waals surface area (Å²) in [4.78, 5) is 13.3. The third kappa shape index (κ3) is 4.58. The van der Waals surface area contributed by atoms with Crippen LogP contribution in [0, 0.1) is 6.92 Å². The fraction of sp³-hybridized carbons (Fsp3) is 0.333. The van der Waals surface area contributed by atoms with Crippen LogP contribution in [0.25, 0.3) is 10.4 Å². The van der Waals surface area contributed by atoms with Crippen molar-refractivity contribution in [1.29, 1.82) is 0 Å². The number of hydrogen-bond donors (Lipinski definition) is 1. The van der Waals surface area contributed by atoms with Crippen molar-refractivity contribution in [3.63, 3.8) is 0 Å². The van der Waals surface area contributed by atoms with Crippen molar-refractivity contribution in [1.82, 2.24) is 4.37 Å². The summed E-state index contributed by atoms with van der Waals surface area (Å²) in [6.45, 7) is 10.2. The molecule has 2 aromatic carbocycles. The van der Waals surface area contributed by atoms with E-state index < -0.39 is 13.2 Å². The Labute approximate surface area is 193 Å². The van der Waals surface area contributed by atoms with Crippen molar-refractivity contribution >= 4 is 35.9 Å². The highest BCUT2D eigenvalue weighted by Gasteiger charge is 2.51. The maximum Gasteiger partial charge on any atom is 0.494 e. The second kappa shape index (κ2) is 8.69. The number of ether oxygens (including phenoxy) is 1. The van der Waals surface area contributed by atoms with Gasteiger partial charge in [-0.3, -0.25) is 5.32 Å². The smallest absolute Gasteiger partial charge is 0.444 e. The molecule has 0 spiro atoms. The van der Waals surface area contributed by atoms with E-state index in [1.807, 2.05) is 89.2 Å². The highest BCUT2D eigenvalue weighted by atomic mass is 32.1. The Bertz CT molecular complexity index is 1080. The van der Waals surface area contributed by atoms with E-state index in [4.69, 9.17) is 14.0 Å². The number of amides is 1. The maximum atomic E-state index is 12.4. The highest BCUT2D eigenvalue weighted by molar-refractivity contribution is 7.10. The lowest BCUT2D eigenvalue weighted by atomic mass is 9.79. The van der Waals surface area contributed by atoms with Crippen LogP contribution in [0.5, 0.6) is 0 Å². The lowest BCUT2D eigenvalue weighted by molar-refractivity contribution is 0.00578. The number of rotatable bonds is 5. The van der Waals surface area contributed by atoms with Crippen molar-refractivity contribution in [2.75, 3.05) is 5.32 Å². The van der Waals surface area contributed by atoms with Crippen molar-refractivity contribution in [2.24, 2.45) is 0 Å². The minimum Gasteiger partial charge on any atom is -0.444 e. The number of benzene rings is 2. The molecule has 6 nitrogen and oxygen atoms in total. The van der Waals surface area contributed by atoms with Crippen LogP contribution in [-0.4, -0.2) is 28.8 Å². The van der Waals surface area contributed by atoms with E-state index in [1.165, 1.54) is 11.5 Å². The summed E-state index contributed by atoms with van der Waals surface area (Å²) in [5.41, 5.74) is 3.47. The number of nitrogens with one attached hydrogen (secondary N) is 1. The number of carbonyl (C=O) groups is 1. The van der Waals surface area contributed by atoms with Crippen LogP contribution in [0.15, 0.2) is 54.6 Å². The average molecular weight is 450 g/mol. The zero-order chi connectivity index (χ0) is 22.9. The number of aryl methyl sites for hydroxylation is 1. The molecule has 32 heavy (non-hydrogen) atoms. The summed E-state index contributed by atoms with van der Waals surface area (Å²) in [5, 5.41) is 2.86. The second-order valence-corrected chi connectivity index (χ2v) is 9.64. The Kier molecular flexibility index (Phi) is 6.12. The van der Waals surface area contributed by atoms with E-state index in [9.17, 15) is 4.79 Å². The maximum absolute atomic E-state index is 12.4. The molecule has 1 amide bonds. The zero-order valence-corrected chi connectivity index (χ0v) is 19.8. The summed E-state index contributed by atoms with van der Waals surface area (Å²) >= 11 is 1.34. The first-order chi connectivity index (χ1) is 15.2. The van der Waals surface area contributed by atoms with Gasteiger partial charge in [0.15, 0.2) is 0 Å². The molecular formula is C24H27BN2O4S. The van der Waals surface area contributed by atoms with Gasteiger partial charge in [0.2, 0.25) is 0 Å². The molecule has 0 aliphatic carbocycles. The zero-order valence-electron chi connectivity index (χ0n) is 19.0. The molecule has 8 heteroatoms. The van der Waals surface area contributed by atoms with Crippen LogP contribution in [0.2, 0.25) is 0 Å². The van der Waals surface area contributed by atoms with Crippen LogP contribution < -0.4 is 10.8 Å². The minimum absolute atomic E-state index is 0.210. The van der Waals surface area contributed by atoms with E-state index in [0.29, 0.717) is 5.69 Å². The van der Waals surface area contributed by atoms with Gasteiger partial charge in [0.05, 0.1) is 27.5 Å². The summed E-state index contributed by atoms with van der Waals surface area (Å²) in [6, 6.07) is 17.5. The van der Waals surface area contributed by atoms with E-state index in [-0.39, 0.29) is 17.8 Å². The lowest BCUT2D eigenvalue weighted by Gasteiger charge is -2.32. The molecule has 1 saturated heterocycles. The monoisotopic (exact) mass is 450 g/mol. The third-order valence-electron chi connectivity index (χ3n) is 6.00. The molecule has 0 atom stereocenters.